The number of rotatable bonds is 2. The Balaban J connectivity index is 2.95. The molecule has 0 aliphatic heterocycles. The largest absolute Gasteiger partial charge is 0.237 e. The molecule has 0 heterocycles. The molecule has 0 aliphatic rings. The summed E-state index contributed by atoms with van der Waals surface area (Å²) in [6.45, 7) is 3.59. The van der Waals surface area contributed by atoms with Crippen molar-refractivity contribution in [1.29, 1.82) is 0 Å². The molecule has 0 aromatic heterocycles. The van der Waals surface area contributed by atoms with Gasteiger partial charge < -0.3 is 0 Å². The van der Waals surface area contributed by atoms with Crippen LogP contribution in [0.4, 0.5) is 0 Å². The smallest absolute Gasteiger partial charge is 0.147 e. The first-order valence-electron chi connectivity index (χ1n) is 3.04. The fraction of sp³-hybridized carbons (Fsp3) is 0. The molecule has 0 aliphatic carbocycles. The number of hydrogen-bond acceptors (Lipinski definition) is 1. The van der Waals surface area contributed by atoms with Crippen LogP contribution in [0.25, 0.3) is 4.91 Å². The molecular weight excluding hydrogens is 180 g/mol. The molecule has 0 saturated carbocycles. The van der Waals surface area contributed by atoms with Gasteiger partial charge in [-0.1, -0.05) is 36.9 Å². The summed E-state index contributed by atoms with van der Waals surface area (Å²) in [4.78, 5) is 0.451. The second-order valence-corrected chi connectivity index (χ2v) is 3.79. The van der Waals surface area contributed by atoms with Crippen LogP contribution in [0.3, 0.4) is 0 Å². The zero-order chi connectivity index (χ0) is 8.27. The van der Waals surface area contributed by atoms with Gasteiger partial charge in [-0.3, -0.25) is 0 Å². The summed E-state index contributed by atoms with van der Waals surface area (Å²) >= 11 is 0. The molecular formula is C8H7ClOS. The van der Waals surface area contributed by atoms with Crippen LogP contribution in [0.2, 0.25) is 0 Å². The van der Waals surface area contributed by atoms with Gasteiger partial charge in [0.2, 0.25) is 0 Å². The highest BCUT2D eigenvalue weighted by Crippen LogP contribution is 2.17. The second-order valence-electron chi connectivity index (χ2n) is 2.01. The van der Waals surface area contributed by atoms with Crippen LogP contribution in [-0.4, -0.2) is 4.21 Å². The van der Waals surface area contributed by atoms with Crippen LogP contribution in [0.5, 0.6) is 0 Å². The zero-order valence-corrected chi connectivity index (χ0v) is 7.36. The van der Waals surface area contributed by atoms with Crippen molar-refractivity contribution < 1.29 is 4.21 Å². The van der Waals surface area contributed by atoms with Gasteiger partial charge in [-0.25, -0.2) is 4.21 Å². The Hall–Kier alpha value is -0.600. The van der Waals surface area contributed by atoms with Gasteiger partial charge in [-0.2, -0.15) is 0 Å². The molecule has 3 heteroatoms. The van der Waals surface area contributed by atoms with E-state index in [1.807, 2.05) is 30.3 Å². The van der Waals surface area contributed by atoms with Crippen molar-refractivity contribution in [3.05, 3.63) is 42.5 Å². The van der Waals surface area contributed by atoms with E-state index in [2.05, 4.69) is 6.58 Å². The van der Waals surface area contributed by atoms with E-state index in [0.29, 0.717) is 4.91 Å². The van der Waals surface area contributed by atoms with Crippen molar-refractivity contribution in [1.82, 2.24) is 0 Å². The molecule has 0 saturated heterocycles. The Morgan fingerprint density at radius 1 is 1.36 bits per heavy atom. The molecule has 0 N–H and O–H groups in total. The van der Waals surface area contributed by atoms with Crippen LogP contribution in [0, 0.1) is 0 Å². The van der Waals surface area contributed by atoms with Gasteiger partial charge in [0.1, 0.15) is 10.0 Å². The highest BCUT2D eigenvalue weighted by atomic mass is 35.7. The molecule has 1 unspecified atom stereocenters. The van der Waals surface area contributed by atoms with Gasteiger partial charge in [0.25, 0.3) is 0 Å². The Morgan fingerprint density at radius 2 is 1.91 bits per heavy atom. The summed E-state index contributed by atoms with van der Waals surface area (Å²) in [5, 5.41) is 0. The fourth-order valence-electron chi connectivity index (χ4n) is 0.717. The molecule has 0 spiro atoms. The molecule has 0 radical (unpaired) electrons. The highest BCUT2D eigenvalue weighted by Gasteiger charge is 2.02. The molecule has 0 amide bonds. The molecule has 0 fully saturated rings. The van der Waals surface area contributed by atoms with Crippen molar-refractivity contribution in [3.63, 3.8) is 0 Å². The second kappa shape index (κ2) is 3.69. The third-order valence-corrected chi connectivity index (χ3v) is 2.47. The fourth-order valence-corrected chi connectivity index (χ4v) is 1.31. The van der Waals surface area contributed by atoms with E-state index in [1.165, 1.54) is 0 Å². The maximum atomic E-state index is 10.7. The summed E-state index contributed by atoms with van der Waals surface area (Å²) in [5.74, 6) is 0. The van der Waals surface area contributed by atoms with Gasteiger partial charge in [0, 0.05) is 0 Å². The molecule has 1 atom stereocenters. The lowest BCUT2D eigenvalue weighted by molar-refractivity contribution is 0.696. The minimum absolute atomic E-state index is 0.451. The summed E-state index contributed by atoms with van der Waals surface area (Å²) < 4.78 is 10.7. The van der Waals surface area contributed by atoms with E-state index >= 15 is 0 Å². The maximum absolute atomic E-state index is 10.7. The normalized spacial score (nSPS) is 12.5. The first-order chi connectivity index (χ1) is 5.22. The van der Waals surface area contributed by atoms with E-state index in [4.69, 9.17) is 10.7 Å². The van der Waals surface area contributed by atoms with Crippen LogP contribution in [0.1, 0.15) is 5.56 Å². The van der Waals surface area contributed by atoms with Gasteiger partial charge in [0.05, 0.1) is 4.91 Å². The Morgan fingerprint density at radius 3 is 2.36 bits per heavy atom. The first-order valence-corrected chi connectivity index (χ1v) is 5.02. The van der Waals surface area contributed by atoms with E-state index in [1.54, 1.807) is 0 Å². The van der Waals surface area contributed by atoms with E-state index in [-0.39, 0.29) is 0 Å². The summed E-state index contributed by atoms with van der Waals surface area (Å²) in [5.41, 5.74) is 0.820. The van der Waals surface area contributed by atoms with Gasteiger partial charge >= 0.3 is 0 Å². The molecule has 1 aromatic carbocycles. The van der Waals surface area contributed by atoms with Gasteiger partial charge in [0.15, 0.2) is 0 Å². The molecule has 0 bridgehead atoms. The molecule has 1 aromatic rings. The van der Waals surface area contributed by atoms with E-state index < -0.39 is 10.0 Å². The Bertz CT molecular complexity index is 281. The lowest BCUT2D eigenvalue weighted by Crippen LogP contribution is -1.83. The third-order valence-electron chi connectivity index (χ3n) is 1.29. The maximum Gasteiger partial charge on any atom is 0.147 e. The van der Waals surface area contributed by atoms with Crippen LogP contribution in [-0.2, 0) is 10.0 Å². The van der Waals surface area contributed by atoms with Crippen molar-refractivity contribution in [2.45, 2.75) is 0 Å². The molecule has 58 valence electrons. The summed E-state index contributed by atoms with van der Waals surface area (Å²) in [6.07, 6.45) is 0. The SMILES string of the molecule is C=C(c1ccccc1)S(=O)Cl. The standard InChI is InChI=1S/C8H7ClOS/c1-7(11(9)10)8-5-3-2-4-6-8/h2-6H,1H2. The van der Waals surface area contributed by atoms with Gasteiger partial charge in [-0.05, 0) is 16.2 Å². The van der Waals surface area contributed by atoms with E-state index in [0.717, 1.165) is 5.56 Å². The monoisotopic (exact) mass is 186 g/mol. The molecule has 1 rings (SSSR count). The van der Waals surface area contributed by atoms with Crippen molar-refractivity contribution in [2.24, 2.45) is 0 Å². The van der Waals surface area contributed by atoms with Crippen molar-refractivity contribution >= 4 is 25.6 Å². The Kier molecular flexibility index (Phi) is 2.85. The number of benzene rings is 1. The van der Waals surface area contributed by atoms with E-state index in [9.17, 15) is 4.21 Å². The lowest BCUT2D eigenvalue weighted by Gasteiger charge is -1.97. The number of halogens is 1. The quantitative estimate of drug-likeness (QED) is 0.649. The molecule has 1 nitrogen and oxygen atoms in total. The predicted molar refractivity (Wildman–Crippen MR) is 49.5 cm³/mol. The Labute approximate surface area is 72.7 Å². The van der Waals surface area contributed by atoms with Crippen LogP contribution >= 0.6 is 10.7 Å². The zero-order valence-electron chi connectivity index (χ0n) is 5.79. The van der Waals surface area contributed by atoms with Crippen LogP contribution in [0.15, 0.2) is 36.9 Å². The summed E-state index contributed by atoms with van der Waals surface area (Å²) in [7, 11) is 3.85. The van der Waals surface area contributed by atoms with Gasteiger partial charge in [-0.15, -0.1) is 0 Å². The first kappa shape index (κ1) is 8.50. The minimum atomic E-state index is -1.48. The molecule has 11 heavy (non-hydrogen) atoms. The third kappa shape index (κ3) is 2.17. The topological polar surface area (TPSA) is 17.1 Å². The predicted octanol–water partition coefficient (Wildman–Crippen LogP) is 2.56. The summed E-state index contributed by atoms with van der Waals surface area (Å²) in [6, 6.07) is 9.23. The number of hydrogen-bond donors (Lipinski definition) is 0. The van der Waals surface area contributed by atoms with Crippen molar-refractivity contribution in [3.8, 4) is 0 Å². The highest BCUT2D eigenvalue weighted by molar-refractivity contribution is 8.15. The van der Waals surface area contributed by atoms with Crippen molar-refractivity contribution in [2.75, 3.05) is 0 Å². The average Bonchev–Trinajstić information content (AvgIpc) is 2.05. The van der Waals surface area contributed by atoms with Crippen LogP contribution < -0.4 is 0 Å². The minimum Gasteiger partial charge on any atom is -0.237 e. The lowest BCUT2D eigenvalue weighted by atomic mass is 10.2. The average molecular weight is 187 g/mol.